The van der Waals surface area contributed by atoms with E-state index in [0.29, 0.717) is 6.54 Å². The van der Waals surface area contributed by atoms with Crippen LogP contribution in [0.2, 0.25) is 0 Å². The van der Waals surface area contributed by atoms with Gasteiger partial charge in [-0.15, -0.1) is 0 Å². The normalized spacial score (nSPS) is 10.8. The summed E-state index contributed by atoms with van der Waals surface area (Å²) in [4.78, 5) is 10.3. The van der Waals surface area contributed by atoms with Gasteiger partial charge >= 0.3 is 6.09 Å². The zero-order valence-electron chi connectivity index (χ0n) is 15.6. The third kappa shape index (κ3) is 21.3. The molecule has 0 saturated carbocycles. The maximum Gasteiger partial charge on any atom is 0.404 e. The van der Waals surface area contributed by atoms with E-state index in [1.54, 1.807) is 0 Å². The molecule has 0 unspecified atom stereocenters. The highest BCUT2D eigenvalue weighted by molar-refractivity contribution is 5.64. The van der Waals surface area contributed by atoms with Crippen LogP contribution in [0.25, 0.3) is 0 Å². The van der Waals surface area contributed by atoms with Crippen molar-refractivity contribution in [3.63, 3.8) is 0 Å². The average Bonchev–Trinajstić information content (AvgIpc) is 2.53. The van der Waals surface area contributed by atoms with Crippen molar-refractivity contribution in [3.05, 3.63) is 0 Å². The van der Waals surface area contributed by atoms with Crippen LogP contribution in [0.4, 0.5) is 4.79 Å². The number of hydrogen-bond acceptors (Lipinski definition) is 1. The second-order valence-corrected chi connectivity index (χ2v) is 6.89. The molecule has 0 bridgehead atoms. The lowest BCUT2D eigenvalue weighted by atomic mass is 10.0. The van der Waals surface area contributed by atoms with Crippen molar-refractivity contribution in [1.82, 2.24) is 5.32 Å². The molecule has 0 aromatic rings. The highest BCUT2D eigenvalue weighted by Gasteiger charge is 1.96. The third-order valence-electron chi connectivity index (χ3n) is 4.56. The fraction of sp³-hybridized carbons (Fsp3) is 0.950. The van der Waals surface area contributed by atoms with Crippen LogP contribution in [0.15, 0.2) is 0 Å². The lowest BCUT2D eigenvalue weighted by molar-refractivity contribution is 0.194. The Bertz CT molecular complexity index is 244. The van der Waals surface area contributed by atoms with Gasteiger partial charge in [0.25, 0.3) is 0 Å². The smallest absolute Gasteiger partial charge is 0.404 e. The van der Waals surface area contributed by atoms with Gasteiger partial charge in [-0.1, -0.05) is 110 Å². The lowest BCUT2D eigenvalue weighted by Gasteiger charge is -2.04. The summed E-state index contributed by atoms with van der Waals surface area (Å²) in [6, 6.07) is 0. The van der Waals surface area contributed by atoms with Crippen molar-refractivity contribution in [2.75, 3.05) is 6.54 Å². The van der Waals surface area contributed by atoms with Gasteiger partial charge in [-0.2, -0.15) is 0 Å². The average molecular weight is 328 g/mol. The first-order valence-corrected chi connectivity index (χ1v) is 10.2. The predicted molar refractivity (Wildman–Crippen MR) is 100 cm³/mol. The number of carboxylic acid groups (broad SMARTS) is 1. The molecule has 0 heterocycles. The van der Waals surface area contributed by atoms with E-state index >= 15 is 0 Å². The molecule has 0 aliphatic heterocycles. The van der Waals surface area contributed by atoms with Crippen LogP contribution >= 0.6 is 0 Å². The maximum atomic E-state index is 10.3. The lowest BCUT2D eigenvalue weighted by Crippen LogP contribution is -2.21. The molecule has 0 atom stereocenters. The minimum Gasteiger partial charge on any atom is -0.465 e. The van der Waals surface area contributed by atoms with Gasteiger partial charge in [-0.3, -0.25) is 0 Å². The molecule has 0 saturated heterocycles. The van der Waals surface area contributed by atoms with E-state index in [-0.39, 0.29) is 0 Å². The Morgan fingerprint density at radius 1 is 0.609 bits per heavy atom. The van der Waals surface area contributed by atoms with Crippen molar-refractivity contribution < 1.29 is 9.90 Å². The zero-order valence-corrected chi connectivity index (χ0v) is 15.6. The molecule has 0 aliphatic rings. The quantitative estimate of drug-likeness (QED) is 0.269. The molecule has 0 aromatic heterocycles. The van der Waals surface area contributed by atoms with Crippen LogP contribution in [-0.2, 0) is 0 Å². The topological polar surface area (TPSA) is 49.3 Å². The maximum absolute atomic E-state index is 10.3. The van der Waals surface area contributed by atoms with Gasteiger partial charge in [0.05, 0.1) is 0 Å². The largest absolute Gasteiger partial charge is 0.465 e. The van der Waals surface area contributed by atoms with Crippen LogP contribution in [0.1, 0.15) is 116 Å². The summed E-state index contributed by atoms with van der Waals surface area (Å²) in [5.41, 5.74) is 0. The summed E-state index contributed by atoms with van der Waals surface area (Å²) in [6.07, 6.45) is 22.2. The fourth-order valence-electron chi connectivity index (χ4n) is 3.05. The van der Waals surface area contributed by atoms with Crippen LogP contribution in [0.3, 0.4) is 0 Å². The van der Waals surface area contributed by atoms with Gasteiger partial charge in [-0.25, -0.2) is 4.79 Å². The van der Waals surface area contributed by atoms with Crippen molar-refractivity contribution in [1.29, 1.82) is 0 Å². The Balaban J connectivity index is 2.96. The number of hydrogen-bond donors (Lipinski definition) is 2. The second kappa shape index (κ2) is 19.3. The summed E-state index contributed by atoms with van der Waals surface area (Å²) >= 11 is 0. The molecule has 2 N–H and O–H groups in total. The molecule has 138 valence electrons. The van der Waals surface area contributed by atoms with E-state index < -0.39 is 6.09 Å². The molecule has 0 spiro atoms. The first-order valence-electron chi connectivity index (χ1n) is 10.2. The zero-order chi connectivity index (χ0) is 17.0. The Labute approximate surface area is 144 Å². The highest BCUT2D eigenvalue weighted by atomic mass is 16.4. The third-order valence-corrected chi connectivity index (χ3v) is 4.56. The van der Waals surface area contributed by atoms with Crippen molar-refractivity contribution in [2.45, 2.75) is 116 Å². The van der Waals surface area contributed by atoms with Crippen molar-refractivity contribution in [3.8, 4) is 0 Å². The molecule has 3 heteroatoms. The summed E-state index contributed by atoms with van der Waals surface area (Å²) in [6.45, 7) is 2.88. The minimum atomic E-state index is -0.901. The van der Waals surface area contributed by atoms with Gasteiger partial charge in [0, 0.05) is 6.54 Å². The molecule has 0 aromatic carbocycles. The van der Waals surface area contributed by atoms with E-state index in [2.05, 4.69) is 12.2 Å². The summed E-state index contributed by atoms with van der Waals surface area (Å²) in [7, 11) is 0. The molecule has 1 amide bonds. The van der Waals surface area contributed by atoms with Gasteiger partial charge in [0.2, 0.25) is 0 Å². The van der Waals surface area contributed by atoms with E-state index in [9.17, 15) is 4.79 Å². The Morgan fingerprint density at radius 2 is 0.913 bits per heavy atom. The number of carbonyl (C=O) groups is 1. The Kier molecular flexibility index (Phi) is 18.7. The Morgan fingerprint density at radius 3 is 1.22 bits per heavy atom. The van der Waals surface area contributed by atoms with E-state index in [4.69, 9.17) is 5.11 Å². The van der Waals surface area contributed by atoms with Crippen molar-refractivity contribution >= 4 is 6.09 Å². The van der Waals surface area contributed by atoms with E-state index in [0.717, 1.165) is 12.8 Å². The molecular formula is C20H41NO2. The second-order valence-electron chi connectivity index (χ2n) is 6.89. The SMILES string of the molecule is CCCCCCCCCCCCCCCCCCCNC(=O)O. The molecule has 0 radical (unpaired) electrons. The minimum absolute atomic E-state index is 0.605. The Hall–Kier alpha value is -0.730. The van der Waals surface area contributed by atoms with Crippen molar-refractivity contribution in [2.24, 2.45) is 0 Å². The van der Waals surface area contributed by atoms with Gasteiger partial charge in [0.15, 0.2) is 0 Å². The van der Waals surface area contributed by atoms with Crippen LogP contribution in [0.5, 0.6) is 0 Å². The standard InChI is InChI=1S/C20H41NO2/c1-2-3-4-5-6-7-8-9-10-11-12-13-14-15-16-17-18-19-21-20(22)23/h21H,2-19H2,1H3,(H,22,23). The summed E-state index contributed by atoms with van der Waals surface area (Å²) in [5, 5.41) is 10.9. The van der Waals surface area contributed by atoms with E-state index in [1.807, 2.05) is 0 Å². The number of nitrogens with one attached hydrogen (secondary N) is 1. The van der Waals surface area contributed by atoms with Crippen LogP contribution < -0.4 is 5.32 Å². The molecule has 0 fully saturated rings. The van der Waals surface area contributed by atoms with Gasteiger partial charge in [0.1, 0.15) is 0 Å². The number of unbranched alkanes of at least 4 members (excludes halogenated alkanes) is 16. The molecule has 0 rings (SSSR count). The first-order chi connectivity index (χ1) is 11.3. The van der Waals surface area contributed by atoms with E-state index in [1.165, 1.54) is 96.3 Å². The highest BCUT2D eigenvalue weighted by Crippen LogP contribution is 2.13. The fourth-order valence-corrected chi connectivity index (χ4v) is 3.05. The monoisotopic (exact) mass is 327 g/mol. The molecule has 0 aliphatic carbocycles. The van der Waals surface area contributed by atoms with Crippen LogP contribution in [-0.4, -0.2) is 17.7 Å². The number of amides is 1. The molecular weight excluding hydrogens is 286 g/mol. The number of rotatable bonds is 18. The summed E-state index contributed by atoms with van der Waals surface area (Å²) < 4.78 is 0. The predicted octanol–water partition coefficient (Wildman–Crippen LogP) is 6.91. The van der Waals surface area contributed by atoms with Gasteiger partial charge in [-0.05, 0) is 6.42 Å². The van der Waals surface area contributed by atoms with Gasteiger partial charge < -0.3 is 10.4 Å². The molecule has 3 nitrogen and oxygen atoms in total. The van der Waals surface area contributed by atoms with Crippen LogP contribution in [0, 0.1) is 0 Å². The molecule has 23 heavy (non-hydrogen) atoms. The summed E-state index contributed by atoms with van der Waals surface area (Å²) in [5.74, 6) is 0. The first kappa shape index (κ1) is 22.3.